The maximum Gasteiger partial charge on any atom is -0.0105 e. The van der Waals surface area contributed by atoms with E-state index in [1.165, 1.54) is 21.5 Å². The first kappa shape index (κ1) is 14.5. The Morgan fingerprint density at radius 2 is 1.06 bits per heavy atom. The van der Waals surface area contributed by atoms with Gasteiger partial charge in [-0.2, -0.15) is 0 Å². The average Bonchev–Trinajstić information content (AvgIpc) is 2.40. The monoisotopic (exact) mass is 259 g/mol. The fourth-order valence-corrected chi connectivity index (χ4v) is 1.95. The summed E-state index contributed by atoms with van der Waals surface area (Å²) in [6, 6.07) is 21.4. The Kier molecular flexibility index (Phi) is 5.63. The van der Waals surface area contributed by atoms with E-state index in [2.05, 4.69) is 60.7 Å². The van der Waals surface area contributed by atoms with Crippen LogP contribution in [0.1, 0.15) is 6.92 Å². The maximum absolute atomic E-state index is 4.85. The number of nitrogens with two attached hydrogens (primary N) is 1. The minimum atomic E-state index is 0. The highest BCUT2D eigenvalue weighted by atomic mass is 35.5. The number of hydrogen-bond donors (Lipinski definition) is 1. The third-order valence-corrected chi connectivity index (χ3v) is 2.65. The first-order valence-electron chi connectivity index (χ1n) is 5.93. The highest BCUT2D eigenvalue weighted by Gasteiger charge is 1.97. The van der Waals surface area contributed by atoms with Crippen LogP contribution >= 0.6 is 12.4 Å². The molecular formula is C16H18ClN. The molecule has 94 valence electrons. The molecule has 3 rings (SSSR count). The van der Waals surface area contributed by atoms with Crippen LogP contribution in [0.2, 0.25) is 0 Å². The second-order valence-electron chi connectivity index (χ2n) is 3.92. The van der Waals surface area contributed by atoms with Gasteiger partial charge >= 0.3 is 0 Å². The van der Waals surface area contributed by atoms with Crippen LogP contribution in [0.5, 0.6) is 0 Å². The minimum Gasteiger partial charge on any atom is -0.331 e. The van der Waals surface area contributed by atoms with E-state index in [1.807, 2.05) is 6.92 Å². The molecule has 3 aromatic carbocycles. The van der Waals surface area contributed by atoms with Crippen molar-refractivity contribution in [3.63, 3.8) is 0 Å². The largest absolute Gasteiger partial charge is 0.331 e. The van der Waals surface area contributed by atoms with Gasteiger partial charge in [0.2, 0.25) is 0 Å². The molecule has 2 N–H and O–H groups in total. The van der Waals surface area contributed by atoms with Gasteiger partial charge in [-0.1, -0.05) is 67.6 Å². The van der Waals surface area contributed by atoms with Crippen LogP contribution in [0.4, 0.5) is 0 Å². The minimum absolute atomic E-state index is 0. The van der Waals surface area contributed by atoms with E-state index in [0.717, 1.165) is 6.54 Å². The van der Waals surface area contributed by atoms with E-state index in [0.29, 0.717) is 0 Å². The zero-order valence-electron chi connectivity index (χ0n) is 10.5. The average molecular weight is 260 g/mol. The van der Waals surface area contributed by atoms with E-state index in [1.54, 1.807) is 0 Å². The molecule has 2 heteroatoms. The van der Waals surface area contributed by atoms with Crippen molar-refractivity contribution in [2.75, 3.05) is 6.54 Å². The van der Waals surface area contributed by atoms with Crippen molar-refractivity contribution in [1.29, 1.82) is 0 Å². The zero-order chi connectivity index (χ0) is 12.1. The molecule has 0 fully saturated rings. The lowest BCUT2D eigenvalue weighted by Gasteiger charge is -2.02. The van der Waals surface area contributed by atoms with Crippen LogP contribution in [0, 0.1) is 0 Å². The van der Waals surface area contributed by atoms with E-state index in [9.17, 15) is 0 Å². The molecule has 0 atom stereocenters. The standard InChI is InChI=1S/C14H10.C2H7N.ClH/c1-3-7-13-11(5-1)9-10-12-6-2-4-8-14(12)13;1-2-3;/h1-10H;2-3H2,1H3;1H. The van der Waals surface area contributed by atoms with Gasteiger partial charge in [0.15, 0.2) is 0 Å². The molecule has 0 aromatic heterocycles. The highest BCUT2D eigenvalue weighted by Crippen LogP contribution is 2.24. The van der Waals surface area contributed by atoms with Crippen molar-refractivity contribution in [3.8, 4) is 0 Å². The van der Waals surface area contributed by atoms with E-state index in [4.69, 9.17) is 5.73 Å². The Hall–Kier alpha value is -1.57. The fourth-order valence-electron chi connectivity index (χ4n) is 1.95. The SMILES string of the molecule is CCN.Cl.c1ccc2c(c1)ccc1ccccc12. The van der Waals surface area contributed by atoms with Gasteiger partial charge in [-0.05, 0) is 28.1 Å². The molecule has 0 heterocycles. The molecule has 0 amide bonds. The molecule has 0 saturated carbocycles. The molecule has 0 aliphatic carbocycles. The third kappa shape index (κ3) is 3.00. The van der Waals surface area contributed by atoms with Crippen molar-refractivity contribution in [1.82, 2.24) is 0 Å². The lowest BCUT2D eigenvalue weighted by Crippen LogP contribution is -1.87. The normalized spacial score (nSPS) is 9.44. The number of benzene rings is 3. The van der Waals surface area contributed by atoms with Gasteiger partial charge in [-0.15, -0.1) is 12.4 Å². The molecule has 0 aliphatic heterocycles. The number of fused-ring (bicyclic) bond motifs is 3. The molecule has 0 aliphatic rings. The van der Waals surface area contributed by atoms with Gasteiger partial charge in [0.05, 0.1) is 0 Å². The van der Waals surface area contributed by atoms with Crippen LogP contribution in [0.25, 0.3) is 21.5 Å². The maximum atomic E-state index is 4.85. The van der Waals surface area contributed by atoms with E-state index in [-0.39, 0.29) is 12.4 Å². The summed E-state index contributed by atoms with van der Waals surface area (Å²) in [5, 5.41) is 5.30. The highest BCUT2D eigenvalue weighted by molar-refractivity contribution is 6.07. The zero-order valence-corrected chi connectivity index (χ0v) is 11.3. The summed E-state index contributed by atoms with van der Waals surface area (Å²) in [5.41, 5.74) is 4.85. The van der Waals surface area contributed by atoms with Crippen molar-refractivity contribution >= 4 is 34.0 Å². The second kappa shape index (κ2) is 7.00. The summed E-state index contributed by atoms with van der Waals surface area (Å²) in [6.45, 7) is 2.65. The molecule has 3 aromatic rings. The molecular weight excluding hydrogens is 242 g/mol. The fraction of sp³-hybridized carbons (Fsp3) is 0.125. The summed E-state index contributed by atoms with van der Waals surface area (Å²) >= 11 is 0. The first-order chi connectivity index (χ1) is 8.36. The quantitative estimate of drug-likeness (QED) is 0.596. The summed E-state index contributed by atoms with van der Waals surface area (Å²) < 4.78 is 0. The molecule has 18 heavy (non-hydrogen) atoms. The van der Waals surface area contributed by atoms with Gasteiger partial charge in [-0.25, -0.2) is 0 Å². The molecule has 0 saturated heterocycles. The van der Waals surface area contributed by atoms with Crippen LogP contribution < -0.4 is 5.73 Å². The Morgan fingerprint density at radius 1 is 0.722 bits per heavy atom. The van der Waals surface area contributed by atoms with Crippen molar-refractivity contribution in [2.45, 2.75) is 6.92 Å². The Labute approximate surface area is 114 Å². The Balaban J connectivity index is 0.000000372. The molecule has 0 spiro atoms. The van der Waals surface area contributed by atoms with Gasteiger partial charge in [0.25, 0.3) is 0 Å². The van der Waals surface area contributed by atoms with Crippen molar-refractivity contribution in [2.24, 2.45) is 5.73 Å². The number of hydrogen-bond acceptors (Lipinski definition) is 1. The third-order valence-electron chi connectivity index (χ3n) is 2.65. The topological polar surface area (TPSA) is 26.0 Å². The summed E-state index contributed by atoms with van der Waals surface area (Å²) in [5.74, 6) is 0. The van der Waals surface area contributed by atoms with Gasteiger partial charge < -0.3 is 5.73 Å². The van der Waals surface area contributed by atoms with E-state index >= 15 is 0 Å². The van der Waals surface area contributed by atoms with Crippen molar-refractivity contribution < 1.29 is 0 Å². The predicted octanol–water partition coefficient (Wildman–Crippen LogP) is 4.38. The molecule has 0 unspecified atom stereocenters. The molecule has 1 nitrogen and oxygen atoms in total. The lowest BCUT2D eigenvalue weighted by molar-refractivity contribution is 1.14. The van der Waals surface area contributed by atoms with Crippen LogP contribution in [-0.4, -0.2) is 6.54 Å². The summed E-state index contributed by atoms with van der Waals surface area (Å²) in [6.07, 6.45) is 0. The predicted molar refractivity (Wildman–Crippen MR) is 83.4 cm³/mol. The summed E-state index contributed by atoms with van der Waals surface area (Å²) in [4.78, 5) is 0. The van der Waals surface area contributed by atoms with Gasteiger partial charge in [0, 0.05) is 0 Å². The summed E-state index contributed by atoms with van der Waals surface area (Å²) in [7, 11) is 0. The van der Waals surface area contributed by atoms with Crippen molar-refractivity contribution in [3.05, 3.63) is 60.7 Å². The second-order valence-corrected chi connectivity index (χ2v) is 3.92. The number of rotatable bonds is 0. The van der Waals surface area contributed by atoms with Crippen LogP contribution in [0.3, 0.4) is 0 Å². The lowest BCUT2D eigenvalue weighted by atomic mass is 10.0. The molecule has 0 radical (unpaired) electrons. The Morgan fingerprint density at radius 3 is 1.44 bits per heavy atom. The van der Waals surface area contributed by atoms with Gasteiger partial charge in [0.1, 0.15) is 0 Å². The van der Waals surface area contributed by atoms with E-state index < -0.39 is 0 Å². The first-order valence-corrected chi connectivity index (χ1v) is 5.93. The smallest absolute Gasteiger partial charge is 0.0105 e. The van der Waals surface area contributed by atoms with Crippen LogP contribution in [0.15, 0.2) is 60.7 Å². The molecule has 0 bridgehead atoms. The Bertz CT molecular complexity index is 565. The number of halogens is 1. The van der Waals surface area contributed by atoms with Gasteiger partial charge in [-0.3, -0.25) is 0 Å². The van der Waals surface area contributed by atoms with Crippen LogP contribution in [-0.2, 0) is 0 Å².